The van der Waals surface area contributed by atoms with Crippen molar-refractivity contribution in [2.45, 2.75) is 99.5 Å². The zero-order chi connectivity index (χ0) is 26.1. The highest BCUT2D eigenvalue weighted by Gasteiger charge is 2.66. The van der Waals surface area contributed by atoms with E-state index in [0.717, 1.165) is 24.8 Å². The molecule has 4 aliphatic carbocycles. The number of ketones is 1. The van der Waals surface area contributed by atoms with Gasteiger partial charge in [0, 0.05) is 23.2 Å². The molecule has 0 saturated heterocycles. The summed E-state index contributed by atoms with van der Waals surface area (Å²) in [4.78, 5) is 25.4. The molecule has 2 saturated carbocycles. The zero-order valence-corrected chi connectivity index (χ0v) is 22.9. The lowest BCUT2D eigenvalue weighted by atomic mass is 9.44. The van der Waals surface area contributed by atoms with E-state index in [0.29, 0.717) is 37.4 Å². The van der Waals surface area contributed by atoms with Crippen LogP contribution in [-0.2, 0) is 9.59 Å². The summed E-state index contributed by atoms with van der Waals surface area (Å²) in [7, 11) is 0. The van der Waals surface area contributed by atoms with E-state index in [4.69, 9.17) is 0 Å². The average molecular weight is 483 g/mol. The first-order valence-electron chi connectivity index (χ1n) is 13.6. The van der Waals surface area contributed by atoms with Crippen LogP contribution in [0.1, 0.15) is 93.4 Å². The summed E-state index contributed by atoms with van der Waals surface area (Å²) in [6.07, 6.45) is 8.97. The van der Waals surface area contributed by atoms with Gasteiger partial charge in [0.05, 0.1) is 12.0 Å². The molecule has 0 heterocycles. The Kier molecular flexibility index (Phi) is 6.36. The standard InChI is InChI=1S/C31H46O4/c1-18(2)19(3)9-10-20(27(34)35)26-23(32)17-31(8)22-11-12-24-28(4,5)25(33)14-15-29(24,6)21(22)13-16-30(26,31)7/h11,13,18,20,23-24,26,32H,3,9-10,12,14-17H2,1-2,4-8H3,(H,34,35)/t20?,23-,24?,26+,29-,30-,31+/m1/s1. The van der Waals surface area contributed by atoms with Crippen molar-refractivity contribution >= 4 is 11.8 Å². The minimum absolute atomic E-state index is 0.0594. The molecule has 4 heteroatoms. The molecule has 2 fully saturated rings. The van der Waals surface area contributed by atoms with Crippen LogP contribution >= 0.6 is 0 Å². The quantitative estimate of drug-likeness (QED) is 0.411. The van der Waals surface area contributed by atoms with E-state index >= 15 is 0 Å². The van der Waals surface area contributed by atoms with Crippen molar-refractivity contribution in [2.75, 3.05) is 0 Å². The molecule has 194 valence electrons. The Morgan fingerprint density at radius 2 is 1.80 bits per heavy atom. The van der Waals surface area contributed by atoms with Gasteiger partial charge in [-0.05, 0) is 72.3 Å². The summed E-state index contributed by atoms with van der Waals surface area (Å²) in [5.41, 5.74) is 2.72. The number of aliphatic carboxylic acids is 1. The number of Topliss-reactive ketones (excluding diaryl/α,β-unsaturated/α-hetero) is 1. The van der Waals surface area contributed by atoms with E-state index < -0.39 is 18.0 Å². The predicted molar refractivity (Wildman–Crippen MR) is 140 cm³/mol. The summed E-state index contributed by atoms with van der Waals surface area (Å²) in [5, 5.41) is 21.8. The van der Waals surface area contributed by atoms with Gasteiger partial charge in [-0.15, -0.1) is 0 Å². The number of carbonyl (C=O) groups is 2. The lowest BCUT2D eigenvalue weighted by Gasteiger charge is -2.59. The normalized spacial score (nSPS) is 40.8. The van der Waals surface area contributed by atoms with Crippen molar-refractivity contribution < 1.29 is 19.8 Å². The highest BCUT2D eigenvalue weighted by atomic mass is 16.4. The lowest BCUT2D eigenvalue weighted by Crippen LogP contribution is -2.53. The lowest BCUT2D eigenvalue weighted by molar-refractivity contribution is -0.148. The van der Waals surface area contributed by atoms with Crippen LogP contribution in [0.5, 0.6) is 0 Å². The van der Waals surface area contributed by atoms with Crippen molar-refractivity contribution in [1.82, 2.24) is 0 Å². The number of carboxylic acids is 1. The fourth-order valence-electron chi connectivity index (χ4n) is 8.72. The first-order valence-corrected chi connectivity index (χ1v) is 13.6. The fourth-order valence-corrected chi connectivity index (χ4v) is 8.72. The monoisotopic (exact) mass is 482 g/mol. The molecule has 4 rings (SSSR count). The van der Waals surface area contributed by atoms with Gasteiger partial charge in [-0.1, -0.05) is 72.8 Å². The van der Waals surface area contributed by atoms with Crippen LogP contribution in [-0.4, -0.2) is 28.1 Å². The molecule has 0 radical (unpaired) electrons. The summed E-state index contributed by atoms with van der Waals surface area (Å²) < 4.78 is 0. The van der Waals surface area contributed by atoms with Crippen molar-refractivity contribution in [3.05, 3.63) is 35.5 Å². The summed E-state index contributed by atoms with van der Waals surface area (Å²) in [6.45, 7) is 19.4. The number of rotatable bonds is 6. The molecule has 35 heavy (non-hydrogen) atoms. The fraction of sp³-hybridized carbons (Fsp3) is 0.742. The smallest absolute Gasteiger partial charge is 0.306 e. The van der Waals surface area contributed by atoms with E-state index in [2.05, 4.69) is 67.2 Å². The molecule has 0 amide bonds. The van der Waals surface area contributed by atoms with Crippen LogP contribution < -0.4 is 0 Å². The van der Waals surface area contributed by atoms with Gasteiger partial charge in [-0.2, -0.15) is 0 Å². The second kappa shape index (κ2) is 8.43. The van der Waals surface area contributed by atoms with Crippen LogP contribution in [0.4, 0.5) is 0 Å². The molecule has 4 nitrogen and oxygen atoms in total. The number of carboxylic acid groups (broad SMARTS) is 1. The third kappa shape index (κ3) is 3.64. The van der Waals surface area contributed by atoms with E-state index in [-0.39, 0.29) is 33.5 Å². The highest BCUT2D eigenvalue weighted by Crippen LogP contribution is 2.71. The molecule has 0 aromatic carbocycles. The molecule has 0 aromatic heterocycles. The van der Waals surface area contributed by atoms with Crippen LogP contribution in [0.2, 0.25) is 0 Å². The van der Waals surface area contributed by atoms with Gasteiger partial charge in [-0.3, -0.25) is 9.59 Å². The molecule has 0 spiro atoms. The van der Waals surface area contributed by atoms with Gasteiger partial charge in [0.15, 0.2) is 0 Å². The molecule has 0 bridgehead atoms. The number of carbonyl (C=O) groups excluding carboxylic acids is 1. The highest BCUT2D eigenvalue weighted by molar-refractivity contribution is 5.86. The van der Waals surface area contributed by atoms with E-state index in [1.54, 1.807) is 0 Å². The Balaban J connectivity index is 1.73. The minimum Gasteiger partial charge on any atom is -0.481 e. The van der Waals surface area contributed by atoms with Crippen molar-refractivity contribution in [3.63, 3.8) is 0 Å². The molecule has 2 unspecified atom stereocenters. The van der Waals surface area contributed by atoms with E-state index in [1.807, 2.05) is 0 Å². The van der Waals surface area contributed by atoms with Crippen LogP contribution in [0.15, 0.2) is 35.5 Å². The van der Waals surface area contributed by atoms with E-state index in [9.17, 15) is 19.8 Å². The van der Waals surface area contributed by atoms with Crippen LogP contribution in [0, 0.1) is 45.3 Å². The van der Waals surface area contributed by atoms with Crippen LogP contribution in [0.25, 0.3) is 0 Å². The predicted octanol–water partition coefficient (Wildman–Crippen LogP) is 6.74. The van der Waals surface area contributed by atoms with Gasteiger partial charge in [0.1, 0.15) is 5.78 Å². The number of aliphatic hydroxyl groups is 1. The number of hydrogen-bond acceptors (Lipinski definition) is 3. The number of fused-ring (bicyclic) bond motifs is 5. The third-order valence-electron chi connectivity index (χ3n) is 11.4. The Bertz CT molecular complexity index is 999. The maximum atomic E-state index is 12.8. The van der Waals surface area contributed by atoms with Crippen molar-refractivity contribution in [2.24, 2.45) is 45.3 Å². The molecule has 2 N–H and O–H groups in total. The largest absolute Gasteiger partial charge is 0.481 e. The third-order valence-corrected chi connectivity index (χ3v) is 11.4. The second-order valence-corrected chi connectivity index (χ2v) is 13.6. The zero-order valence-electron chi connectivity index (χ0n) is 22.9. The first-order chi connectivity index (χ1) is 16.1. The Morgan fingerprint density at radius 3 is 2.40 bits per heavy atom. The number of allylic oxidation sites excluding steroid dienone is 5. The Hall–Kier alpha value is -1.68. The topological polar surface area (TPSA) is 74.6 Å². The van der Waals surface area contributed by atoms with Gasteiger partial charge < -0.3 is 10.2 Å². The Labute approximate surface area is 212 Å². The van der Waals surface area contributed by atoms with Gasteiger partial charge >= 0.3 is 5.97 Å². The second-order valence-electron chi connectivity index (χ2n) is 13.6. The number of hydrogen-bond donors (Lipinski definition) is 2. The molecule has 0 aromatic rings. The minimum atomic E-state index is -0.803. The Morgan fingerprint density at radius 1 is 1.14 bits per heavy atom. The molecule has 0 aliphatic heterocycles. The van der Waals surface area contributed by atoms with Crippen molar-refractivity contribution in [1.29, 1.82) is 0 Å². The SMILES string of the molecule is C=C(CCC(C(=O)O)[C@H]1[C@H](O)C[C@@]2(C)C3=CCC4C(C)(C)C(=O)CC[C@]4(C)C3=CC[C@]12C)C(C)C. The molecule has 4 aliphatic rings. The molecular formula is C31H46O4. The summed E-state index contributed by atoms with van der Waals surface area (Å²) >= 11 is 0. The summed E-state index contributed by atoms with van der Waals surface area (Å²) in [5.74, 6) is -0.739. The van der Waals surface area contributed by atoms with Crippen molar-refractivity contribution in [3.8, 4) is 0 Å². The first kappa shape index (κ1) is 26.4. The summed E-state index contributed by atoms with van der Waals surface area (Å²) in [6, 6.07) is 0. The maximum Gasteiger partial charge on any atom is 0.306 e. The molecular weight excluding hydrogens is 436 g/mol. The average Bonchev–Trinajstić information content (AvgIpc) is 2.97. The van der Waals surface area contributed by atoms with Crippen LogP contribution in [0.3, 0.4) is 0 Å². The number of aliphatic hydroxyl groups excluding tert-OH is 1. The van der Waals surface area contributed by atoms with Gasteiger partial charge in [0.25, 0.3) is 0 Å². The maximum absolute atomic E-state index is 12.8. The molecule has 7 atom stereocenters. The van der Waals surface area contributed by atoms with E-state index in [1.165, 1.54) is 11.1 Å². The van der Waals surface area contributed by atoms with Gasteiger partial charge in [0.2, 0.25) is 0 Å². The van der Waals surface area contributed by atoms with Gasteiger partial charge in [-0.25, -0.2) is 0 Å².